The van der Waals surface area contributed by atoms with Gasteiger partial charge in [-0.1, -0.05) is 78.4 Å². The number of carbonyl (C=O) groups is 1. The minimum atomic E-state index is -1.03. The Morgan fingerprint density at radius 3 is 2.06 bits per heavy atom. The summed E-state index contributed by atoms with van der Waals surface area (Å²) in [7, 11) is 0. The molecule has 4 aromatic carbocycles. The van der Waals surface area contributed by atoms with E-state index in [0.717, 1.165) is 27.9 Å². The average molecular weight is 419 g/mol. The van der Waals surface area contributed by atoms with Crippen LogP contribution in [-0.4, -0.2) is 5.97 Å². The van der Waals surface area contributed by atoms with Gasteiger partial charge in [-0.2, -0.15) is 0 Å². The maximum absolute atomic E-state index is 13.3. The molecule has 32 heavy (non-hydrogen) atoms. The summed E-state index contributed by atoms with van der Waals surface area (Å²) in [6, 6.07) is 29.8. The Kier molecular flexibility index (Phi) is 4.08. The average Bonchev–Trinajstić information content (AvgIpc) is 3.12. The van der Waals surface area contributed by atoms with Crippen molar-refractivity contribution in [3.63, 3.8) is 0 Å². The van der Waals surface area contributed by atoms with Gasteiger partial charge in [-0.15, -0.1) is 0 Å². The molecule has 4 heteroatoms. The second-order valence-electron chi connectivity index (χ2n) is 8.23. The first-order valence-corrected chi connectivity index (χ1v) is 10.7. The molecule has 2 heterocycles. The third kappa shape index (κ3) is 2.66. The summed E-state index contributed by atoms with van der Waals surface area (Å²) in [5.74, 6) is 1.06. The van der Waals surface area contributed by atoms with Gasteiger partial charge in [0.15, 0.2) is 5.60 Å². The number of aryl methyl sites for hydroxylation is 1. The van der Waals surface area contributed by atoms with Crippen LogP contribution in [-0.2, 0) is 16.9 Å². The van der Waals surface area contributed by atoms with E-state index in [0.29, 0.717) is 23.6 Å². The third-order valence-electron chi connectivity index (χ3n) is 6.25. The number of fused-ring (bicyclic) bond motifs is 6. The van der Waals surface area contributed by atoms with Crippen molar-refractivity contribution in [1.82, 2.24) is 0 Å². The van der Waals surface area contributed by atoms with Crippen molar-refractivity contribution in [1.29, 1.82) is 0 Å². The number of nitrogens with one attached hydrogen (secondary N) is 1. The van der Waals surface area contributed by atoms with Crippen molar-refractivity contribution in [2.45, 2.75) is 19.1 Å². The van der Waals surface area contributed by atoms with Crippen molar-refractivity contribution in [2.24, 2.45) is 0 Å². The molecule has 0 bridgehead atoms. The minimum absolute atomic E-state index is 0.335. The van der Waals surface area contributed by atoms with Crippen LogP contribution in [0.25, 0.3) is 0 Å². The molecule has 0 atom stereocenters. The number of carbonyl (C=O) groups excluding carboxylic acids is 1. The normalized spacial score (nSPS) is 14.7. The van der Waals surface area contributed by atoms with Crippen molar-refractivity contribution >= 4 is 11.7 Å². The van der Waals surface area contributed by atoms with E-state index < -0.39 is 5.60 Å². The molecule has 2 aliphatic heterocycles. The van der Waals surface area contributed by atoms with Gasteiger partial charge >= 0.3 is 5.97 Å². The van der Waals surface area contributed by atoms with Crippen LogP contribution in [0.2, 0.25) is 0 Å². The molecule has 0 saturated carbocycles. The van der Waals surface area contributed by atoms with E-state index in [1.165, 1.54) is 5.56 Å². The van der Waals surface area contributed by atoms with Crippen molar-refractivity contribution in [2.75, 3.05) is 5.32 Å². The summed E-state index contributed by atoms with van der Waals surface area (Å²) >= 11 is 0. The highest BCUT2D eigenvalue weighted by molar-refractivity contribution is 6.02. The van der Waals surface area contributed by atoms with Crippen LogP contribution < -0.4 is 10.1 Å². The number of esters is 1. The fourth-order valence-corrected chi connectivity index (χ4v) is 4.72. The molecular formula is C28H21NO3. The highest BCUT2D eigenvalue weighted by Crippen LogP contribution is 2.56. The predicted molar refractivity (Wildman–Crippen MR) is 123 cm³/mol. The fraction of sp³-hybridized carbons (Fsp3) is 0.107. The van der Waals surface area contributed by atoms with Crippen LogP contribution in [0.15, 0.2) is 91.0 Å². The summed E-state index contributed by atoms with van der Waals surface area (Å²) in [4.78, 5) is 13.3. The molecule has 0 unspecified atom stereocenters. The number of anilines is 1. The zero-order valence-corrected chi connectivity index (χ0v) is 17.6. The summed E-state index contributed by atoms with van der Waals surface area (Å²) in [6.07, 6.45) is 0. The quantitative estimate of drug-likeness (QED) is 0.403. The lowest BCUT2D eigenvalue weighted by molar-refractivity contribution is 0.0225. The largest absolute Gasteiger partial charge is 0.456 e. The van der Waals surface area contributed by atoms with Gasteiger partial charge in [-0.3, -0.25) is 0 Å². The molecule has 1 N–H and O–H groups in total. The summed E-state index contributed by atoms with van der Waals surface area (Å²) in [6.45, 7) is 2.69. The van der Waals surface area contributed by atoms with Crippen LogP contribution >= 0.6 is 0 Å². The molecule has 6 rings (SSSR count). The van der Waals surface area contributed by atoms with Gasteiger partial charge in [0.1, 0.15) is 11.5 Å². The number of para-hydroxylation sites is 2. The number of benzene rings is 4. The standard InChI is InChI=1S/C28H21NO3/c1-18-13-15-19(16-14-18)17-29-23-10-6-9-22-26(23)27(30)32-28(22)20-7-2-4-11-24(20)31-25-12-5-3-8-21(25)28/h2-16,29H,17H2,1H3. The molecule has 0 aliphatic carbocycles. The van der Waals surface area contributed by atoms with Gasteiger partial charge < -0.3 is 14.8 Å². The van der Waals surface area contributed by atoms with E-state index in [2.05, 4.69) is 36.5 Å². The smallest absolute Gasteiger partial charge is 0.342 e. The maximum atomic E-state index is 13.3. The molecule has 4 aromatic rings. The molecule has 2 aliphatic rings. The molecule has 0 aromatic heterocycles. The maximum Gasteiger partial charge on any atom is 0.342 e. The SMILES string of the molecule is Cc1ccc(CNc2cccc3c2C(=O)OC32c3ccccc3Oc3ccccc32)cc1. The third-order valence-corrected chi connectivity index (χ3v) is 6.25. The van der Waals surface area contributed by atoms with Gasteiger partial charge in [0.25, 0.3) is 0 Å². The monoisotopic (exact) mass is 419 g/mol. The minimum Gasteiger partial charge on any atom is -0.456 e. The van der Waals surface area contributed by atoms with Crippen molar-refractivity contribution in [3.05, 3.63) is 124 Å². The molecule has 1 spiro atoms. The Hall–Kier alpha value is -4.05. The Morgan fingerprint density at radius 1 is 0.750 bits per heavy atom. The van der Waals surface area contributed by atoms with Gasteiger partial charge in [0, 0.05) is 28.9 Å². The van der Waals surface area contributed by atoms with Crippen LogP contribution in [0.4, 0.5) is 5.69 Å². The molecule has 156 valence electrons. The van der Waals surface area contributed by atoms with Gasteiger partial charge in [-0.05, 0) is 30.7 Å². The van der Waals surface area contributed by atoms with Crippen LogP contribution in [0.3, 0.4) is 0 Å². The number of ether oxygens (including phenoxy) is 2. The molecule has 0 saturated heterocycles. The van der Waals surface area contributed by atoms with Crippen molar-refractivity contribution in [3.8, 4) is 11.5 Å². The van der Waals surface area contributed by atoms with E-state index in [1.807, 2.05) is 66.7 Å². The lowest BCUT2D eigenvalue weighted by Gasteiger charge is -2.36. The molecule has 4 nitrogen and oxygen atoms in total. The van der Waals surface area contributed by atoms with Crippen LogP contribution in [0, 0.1) is 6.92 Å². The van der Waals surface area contributed by atoms with E-state index >= 15 is 0 Å². The highest BCUT2D eigenvalue weighted by Gasteiger charge is 2.54. The second kappa shape index (κ2) is 6.99. The zero-order chi connectivity index (χ0) is 21.7. The van der Waals surface area contributed by atoms with Gasteiger partial charge in [0.2, 0.25) is 0 Å². The number of hydrogen-bond donors (Lipinski definition) is 1. The molecular weight excluding hydrogens is 398 g/mol. The van der Waals surface area contributed by atoms with Crippen molar-refractivity contribution < 1.29 is 14.3 Å². The van der Waals surface area contributed by atoms with Gasteiger partial charge in [0.05, 0.1) is 5.56 Å². The van der Waals surface area contributed by atoms with Crippen LogP contribution in [0.1, 0.15) is 38.2 Å². The zero-order valence-electron chi connectivity index (χ0n) is 17.6. The topological polar surface area (TPSA) is 47.6 Å². The Balaban J connectivity index is 1.50. The molecule has 0 fully saturated rings. The van der Waals surface area contributed by atoms with Crippen LogP contribution in [0.5, 0.6) is 11.5 Å². The molecule has 0 amide bonds. The van der Waals surface area contributed by atoms with E-state index in [1.54, 1.807) is 0 Å². The Bertz CT molecular complexity index is 1310. The van der Waals surface area contributed by atoms with E-state index in [9.17, 15) is 4.79 Å². The van der Waals surface area contributed by atoms with Gasteiger partial charge in [-0.25, -0.2) is 4.79 Å². The highest BCUT2D eigenvalue weighted by atomic mass is 16.6. The lowest BCUT2D eigenvalue weighted by atomic mass is 9.77. The predicted octanol–water partition coefficient (Wildman–Crippen LogP) is 6.18. The fourth-order valence-electron chi connectivity index (χ4n) is 4.72. The Labute approximate surface area is 186 Å². The summed E-state index contributed by atoms with van der Waals surface area (Å²) in [5.41, 5.74) is 5.19. The van der Waals surface area contributed by atoms with E-state index in [-0.39, 0.29) is 5.97 Å². The summed E-state index contributed by atoms with van der Waals surface area (Å²) in [5, 5.41) is 3.45. The molecule has 0 radical (unpaired) electrons. The van der Waals surface area contributed by atoms with E-state index in [4.69, 9.17) is 9.47 Å². The lowest BCUT2D eigenvalue weighted by Crippen LogP contribution is -2.32. The number of rotatable bonds is 3. The number of hydrogen-bond acceptors (Lipinski definition) is 4. The first-order valence-electron chi connectivity index (χ1n) is 10.7. The summed E-state index contributed by atoms with van der Waals surface area (Å²) < 4.78 is 12.4. The Morgan fingerprint density at radius 2 is 1.38 bits per heavy atom. The second-order valence-corrected chi connectivity index (χ2v) is 8.23. The first-order chi connectivity index (χ1) is 15.7. The first kappa shape index (κ1) is 18.7.